The summed E-state index contributed by atoms with van der Waals surface area (Å²) in [6.45, 7) is 1.65. The van der Waals surface area contributed by atoms with Gasteiger partial charge in [-0.1, -0.05) is 12.1 Å². The van der Waals surface area contributed by atoms with E-state index in [0.29, 0.717) is 19.8 Å². The first kappa shape index (κ1) is 14.3. The minimum absolute atomic E-state index is 0.147. The van der Waals surface area contributed by atoms with Crippen LogP contribution in [0.5, 0.6) is 0 Å². The average Bonchev–Trinajstić information content (AvgIpc) is 2.46. The fourth-order valence-electron chi connectivity index (χ4n) is 2.08. The van der Waals surface area contributed by atoms with Crippen LogP contribution in [0.2, 0.25) is 0 Å². The highest BCUT2D eigenvalue weighted by Gasteiger charge is 2.15. The number of urea groups is 1. The lowest BCUT2D eigenvalue weighted by Crippen LogP contribution is -2.44. The molecule has 1 fully saturated rings. The predicted molar refractivity (Wildman–Crippen MR) is 72.6 cm³/mol. The van der Waals surface area contributed by atoms with E-state index >= 15 is 0 Å². The Bertz CT molecular complexity index is 484. The zero-order valence-electron chi connectivity index (χ0n) is 11.1. The van der Waals surface area contributed by atoms with Crippen molar-refractivity contribution in [3.8, 4) is 0 Å². The Balaban J connectivity index is 1.80. The van der Waals surface area contributed by atoms with Crippen molar-refractivity contribution < 1.29 is 19.4 Å². The molecule has 6 nitrogen and oxygen atoms in total. The molecule has 1 aliphatic heterocycles. The lowest BCUT2D eigenvalue weighted by molar-refractivity contribution is 0.0696. The maximum absolute atomic E-state index is 11.7. The Labute approximate surface area is 117 Å². The van der Waals surface area contributed by atoms with Gasteiger partial charge in [-0.15, -0.1) is 0 Å². The average molecular weight is 278 g/mol. The summed E-state index contributed by atoms with van der Waals surface area (Å²) in [6.07, 6.45) is 1.64. The molecular formula is C14H18N2O4. The topological polar surface area (TPSA) is 87.7 Å². The minimum Gasteiger partial charge on any atom is -0.478 e. The van der Waals surface area contributed by atoms with Crippen molar-refractivity contribution in [2.24, 2.45) is 0 Å². The zero-order chi connectivity index (χ0) is 14.4. The zero-order valence-corrected chi connectivity index (χ0v) is 11.1. The summed E-state index contributed by atoms with van der Waals surface area (Å²) in [5.41, 5.74) is 0.973. The Morgan fingerprint density at radius 2 is 2.05 bits per heavy atom. The summed E-state index contributed by atoms with van der Waals surface area (Å²) >= 11 is 0. The highest BCUT2D eigenvalue weighted by Crippen LogP contribution is 2.07. The van der Waals surface area contributed by atoms with E-state index in [0.717, 1.165) is 18.4 Å². The Hall–Kier alpha value is -2.08. The van der Waals surface area contributed by atoms with E-state index in [-0.39, 0.29) is 17.6 Å². The maximum Gasteiger partial charge on any atom is 0.335 e. The van der Waals surface area contributed by atoms with Crippen LogP contribution in [0.15, 0.2) is 24.3 Å². The third-order valence-corrected chi connectivity index (χ3v) is 3.18. The molecule has 0 bridgehead atoms. The van der Waals surface area contributed by atoms with Crippen LogP contribution < -0.4 is 10.6 Å². The summed E-state index contributed by atoms with van der Waals surface area (Å²) in [7, 11) is 0. The van der Waals surface area contributed by atoms with Gasteiger partial charge >= 0.3 is 12.0 Å². The van der Waals surface area contributed by atoms with Gasteiger partial charge in [-0.3, -0.25) is 0 Å². The highest BCUT2D eigenvalue weighted by molar-refractivity contribution is 5.87. The molecule has 0 saturated carbocycles. The Morgan fingerprint density at radius 1 is 1.30 bits per heavy atom. The molecule has 0 unspecified atom stereocenters. The van der Waals surface area contributed by atoms with E-state index < -0.39 is 5.97 Å². The molecule has 1 aliphatic rings. The summed E-state index contributed by atoms with van der Waals surface area (Å²) in [5.74, 6) is -0.974. The number of hydrogen-bond donors (Lipinski definition) is 3. The van der Waals surface area contributed by atoms with E-state index in [1.165, 1.54) is 6.07 Å². The van der Waals surface area contributed by atoms with E-state index in [1.807, 2.05) is 0 Å². The molecule has 0 aliphatic carbocycles. The smallest absolute Gasteiger partial charge is 0.335 e. The number of aromatic carboxylic acids is 1. The Kier molecular flexibility index (Phi) is 4.95. The van der Waals surface area contributed by atoms with Gasteiger partial charge in [-0.2, -0.15) is 0 Å². The molecule has 0 spiro atoms. The number of hydrogen-bond acceptors (Lipinski definition) is 3. The van der Waals surface area contributed by atoms with Crippen molar-refractivity contribution in [3.05, 3.63) is 35.4 Å². The monoisotopic (exact) mass is 278 g/mol. The van der Waals surface area contributed by atoms with Gasteiger partial charge in [0.25, 0.3) is 0 Å². The molecule has 108 valence electrons. The molecule has 1 saturated heterocycles. The van der Waals surface area contributed by atoms with Crippen LogP contribution in [0.25, 0.3) is 0 Å². The summed E-state index contributed by atoms with van der Waals surface area (Å²) < 4.78 is 5.22. The predicted octanol–water partition coefficient (Wildman–Crippen LogP) is 1.36. The summed E-state index contributed by atoms with van der Waals surface area (Å²) in [4.78, 5) is 22.6. The molecule has 3 N–H and O–H groups in total. The lowest BCUT2D eigenvalue weighted by Gasteiger charge is -2.23. The SMILES string of the molecule is O=C(NCc1cccc(C(=O)O)c1)NC1CCOCC1. The molecule has 0 aromatic heterocycles. The number of ether oxygens (including phenoxy) is 1. The van der Waals surface area contributed by atoms with Crippen LogP contribution >= 0.6 is 0 Å². The van der Waals surface area contributed by atoms with Crippen molar-refractivity contribution >= 4 is 12.0 Å². The van der Waals surface area contributed by atoms with Gasteiger partial charge in [0.05, 0.1) is 5.56 Å². The number of rotatable bonds is 4. The van der Waals surface area contributed by atoms with Crippen molar-refractivity contribution in [1.82, 2.24) is 10.6 Å². The van der Waals surface area contributed by atoms with Crippen LogP contribution in [0.3, 0.4) is 0 Å². The standard InChI is InChI=1S/C14H18N2O4/c17-13(18)11-3-1-2-10(8-11)9-15-14(19)16-12-4-6-20-7-5-12/h1-3,8,12H,4-7,9H2,(H,17,18)(H2,15,16,19). The number of carboxylic acid groups (broad SMARTS) is 1. The number of carboxylic acids is 1. The molecule has 0 atom stereocenters. The van der Waals surface area contributed by atoms with Crippen LogP contribution in [0.4, 0.5) is 4.79 Å². The second-order valence-corrected chi connectivity index (χ2v) is 4.72. The fourth-order valence-corrected chi connectivity index (χ4v) is 2.08. The van der Waals surface area contributed by atoms with Crippen LogP contribution in [0, 0.1) is 0 Å². The minimum atomic E-state index is -0.974. The van der Waals surface area contributed by atoms with Crippen LogP contribution in [0.1, 0.15) is 28.8 Å². The fraction of sp³-hybridized carbons (Fsp3) is 0.429. The molecule has 6 heteroatoms. The molecule has 1 aromatic rings. The largest absolute Gasteiger partial charge is 0.478 e. The van der Waals surface area contributed by atoms with Gasteiger partial charge in [-0.25, -0.2) is 9.59 Å². The quantitative estimate of drug-likeness (QED) is 0.776. The number of carbonyl (C=O) groups excluding carboxylic acids is 1. The second-order valence-electron chi connectivity index (χ2n) is 4.72. The first-order valence-corrected chi connectivity index (χ1v) is 6.59. The molecule has 0 radical (unpaired) electrons. The Morgan fingerprint density at radius 3 is 2.75 bits per heavy atom. The number of carbonyl (C=O) groups is 2. The third-order valence-electron chi connectivity index (χ3n) is 3.18. The molecule has 1 aromatic carbocycles. The highest BCUT2D eigenvalue weighted by atomic mass is 16.5. The van der Waals surface area contributed by atoms with Gasteiger partial charge in [-0.05, 0) is 30.5 Å². The van der Waals surface area contributed by atoms with Gasteiger partial charge in [0.1, 0.15) is 0 Å². The maximum atomic E-state index is 11.7. The number of amides is 2. The van der Waals surface area contributed by atoms with Gasteiger partial charge in [0.2, 0.25) is 0 Å². The van der Waals surface area contributed by atoms with Crippen molar-refractivity contribution in [1.29, 1.82) is 0 Å². The number of benzene rings is 1. The molecule has 1 heterocycles. The van der Waals surface area contributed by atoms with Crippen LogP contribution in [-0.2, 0) is 11.3 Å². The molecule has 2 amide bonds. The summed E-state index contributed by atoms with van der Waals surface area (Å²) in [6, 6.07) is 6.43. The van der Waals surface area contributed by atoms with Crippen molar-refractivity contribution in [2.75, 3.05) is 13.2 Å². The molecular weight excluding hydrogens is 260 g/mol. The summed E-state index contributed by atoms with van der Waals surface area (Å²) in [5, 5.41) is 14.5. The van der Waals surface area contributed by atoms with E-state index in [1.54, 1.807) is 18.2 Å². The number of nitrogens with one attached hydrogen (secondary N) is 2. The third kappa shape index (κ3) is 4.24. The normalized spacial score (nSPS) is 15.6. The van der Waals surface area contributed by atoms with Gasteiger partial charge < -0.3 is 20.5 Å². The first-order valence-electron chi connectivity index (χ1n) is 6.59. The first-order chi connectivity index (χ1) is 9.65. The van der Waals surface area contributed by atoms with E-state index in [2.05, 4.69) is 10.6 Å². The van der Waals surface area contributed by atoms with E-state index in [9.17, 15) is 9.59 Å². The lowest BCUT2D eigenvalue weighted by atomic mass is 10.1. The molecule has 20 heavy (non-hydrogen) atoms. The van der Waals surface area contributed by atoms with Crippen LogP contribution in [-0.4, -0.2) is 36.4 Å². The van der Waals surface area contributed by atoms with E-state index in [4.69, 9.17) is 9.84 Å². The molecule has 2 rings (SSSR count). The van der Waals surface area contributed by atoms with Crippen molar-refractivity contribution in [3.63, 3.8) is 0 Å². The second kappa shape index (κ2) is 6.91. The van der Waals surface area contributed by atoms with Gasteiger partial charge in [0, 0.05) is 25.8 Å². The van der Waals surface area contributed by atoms with Gasteiger partial charge in [0.15, 0.2) is 0 Å². The van der Waals surface area contributed by atoms with Crippen molar-refractivity contribution in [2.45, 2.75) is 25.4 Å².